The first-order valence-electron chi connectivity index (χ1n) is 7.15. The quantitative estimate of drug-likeness (QED) is 0.749. The van der Waals surface area contributed by atoms with Crippen LogP contribution in [-0.2, 0) is 0 Å². The smallest absolute Gasteiger partial charge is 0.0756 e. The van der Waals surface area contributed by atoms with E-state index < -0.39 is 5.60 Å². The largest absolute Gasteiger partial charge is 0.389 e. The van der Waals surface area contributed by atoms with E-state index in [0.717, 1.165) is 12.3 Å². The zero-order valence-corrected chi connectivity index (χ0v) is 11.8. The van der Waals surface area contributed by atoms with Crippen molar-refractivity contribution in [3.05, 3.63) is 0 Å². The van der Waals surface area contributed by atoms with E-state index in [1.165, 1.54) is 38.8 Å². The molecule has 1 heterocycles. The summed E-state index contributed by atoms with van der Waals surface area (Å²) >= 11 is 0. The van der Waals surface area contributed by atoms with Gasteiger partial charge in [-0.2, -0.15) is 0 Å². The molecule has 0 radical (unpaired) electrons. The number of nitrogens with two attached hydrogens (primary N) is 1. The fourth-order valence-electron chi connectivity index (χ4n) is 2.94. The van der Waals surface area contributed by atoms with Crippen molar-refractivity contribution in [1.82, 2.24) is 4.90 Å². The fraction of sp³-hybridized carbons (Fsp3) is 1.00. The lowest BCUT2D eigenvalue weighted by Crippen LogP contribution is -2.46. The van der Waals surface area contributed by atoms with Crippen molar-refractivity contribution in [3.63, 3.8) is 0 Å². The van der Waals surface area contributed by atoms with Crippen molar-refractivity contribution >= 4 is 0 Å². The highest BCUT2D eigenvalue weighted by atomic mass is 16.3. The third-order valence-corrected chi connectivity index (χ3v) is 4.14. The van der Waals surface area contributed by atoms with Crippen LogP contribution >= 0.6 is 0 Å². The average molecular weight is 242 g/mol. The number of likely N-dealkylation sites (tertiary alicyclic amines) is 1. The van der Waals surface area contributed by atoms with Crippen molar-refractivity contribution < 1.29 is 5.11 Å². The maximum Gasteiger partial charge on any atom is 0.0756 e. The Morgan fingerprint density at radius 2 is 2.00 bits per heavy atom. The summed E-state index contributed by atoms with van der Waals surface area (Å²) in [6.45, 7) is 9.05. The molecule has 1 aliphatic rings. The van der Waals surface area contributed by atoms with Gasteiger partial charge in [0, 0.05) is 12.6 Å². The predicted octanol–water partition coefficient (Wildman–Crippen LogP) is 1.99. The molecule has 2 atom stereocenters. The van der Waals surface area contributed by atoms with Crippen LogP contribution in [0.1, 0.15) is 52.9 Å². The summed E-state index contributed by atoms with van der Waals surface area (Å²) in [6.07, 6.45) is 6.11. The van der Waals surface area contributed by atoms with Gasteiger partial charge in [0.15, 0.2) is 0 Å². The van der Waals surface area contributed by atoms with Crippen molar-refractivity contribution in [2.24, 2.45) is 11.7 Å². The number of hydrogen-bond donors (Lipinski definition) is 2. The van der Waals surface area contributed by atoms with E-state index in [9.17, 15) is 5.11 Å². The van der Waals surface area contributed by atoms with Crippen molar-refractivity contribution in [1.29, 1.82) is 0 Å². The summed E-state index contributed by atoms with van der Waals surface area (Å²) < 4.78 is 0. The molecule has 3 heteroatoms. The molecule has 1 fully saturated rings. The molecule has 1 saturated heterocycles. The SMILES string of the molecule is CCCC1CCN(C(C)CC(C)(O)CN)CC1. The Kier molecular flexibility index (Phi) is 5.90. The molecular formula is C14H30N2O. The second-order valence-corrected chi connectivity index (χ2v) is 6.02. The first-order chi connectivity index (χ1) is 7.98. The van der Waals surface area contributed by atoms with Gasteiger partial charge >= 0.3 is 0 Å². The molecule has 0 aromatic heterocycles. The third-order valence-electron chi connectivity index (χ3n) is 4.14. The number of nitrogens with zero attached hydrogens (tertiary/aromatic N) is 1. The fourth-order valence-corrected chi connectivity index (χ4v) is 2.94. The Labute approximate surface area is 106 Å². The summed E-state index contributed by atoms with van der Waals surface area (Å²) in [5.41, 5.74) is 4.87. The lowest BCUT2D eigenvalue weighted by molar-refractivity contribution is 0.0206. The third kappa shape index (κ3) is 4.94. The van der Waals surface area contributed by atoms with Gasteiger partial charge in [-0.25, -0.2) is 0 Å². The summed E-state index contributed by atoms with van der Waals surface area (Å²) in [7, 11) is 0. The van der Waals surface area contributed by atoms with Gasteiger partial charge in [0.1, 0.15) is 0 Å². The first kappa shape index (κ1) is 14.9. The van der Waals surface area contributed by atoms with E-state index in [0.29, 0.717) is 12.6 Å². The summed E-state index contributed by atoms with van der Waals surface area (Å²) in [4.78, 5) is 2.51. The molecule has 0 amide bonds. The van der Waals surface area contributed by atoms with Gasteiger partial charge in [-0.15, -0.1) is 0 Å². The van der Waals surface area contributed by atoms with Gasteiger partial charge in [-0.1, -0.05) is 19.8 Å². The van der Waals surface area contributed by atoms with Gasteiger partial charge in [0.25, 0.3) is 0 Å². The second-order valence-electron chi connectivity index (χ2n) is 6.02. The highest BCUT2D eigenvalue weighted by Crippen LogP contribution is 2.25. The van der Waals surface area contributed by atoms with E-state index >= 15 is 0 Å². The first-order valence-corrected chi connectivity index (χ1v) is 7.15. The van der Waals surface area contributed by atoms with E-state index in [-0.39, 0.29) is 0 Å². The normalized spacial score (nSPS) is 24.5. The molecule has 3 nitrogen and oxygen atoms in total. The number of rotatable bonds is 6. The molecular weight excluding hydrogens is 212 g/mol. The molecule has 0 saturated carbocycles. The Hall–Kier alpha value is -0.120. The van der Waals surface area contributed by atoms with E-state index in [1.54, 1.807) is 0 Å². The van der Waals surface area contributed by atoms with Crippen LogP contribution in [0.4, 0.5) is 0 Å². The van der Waals surface area contributed by atoms with Crippen molar-refractivity contribution in [2.45, 2.75) is 64.5 Å². The van der Waals surface area contributed by atoms with E-state index in [1.807, 2.05) is 6.92 Å². The van der Waals surface area contributed by atoms with E-state index in [2.05, 4.69) is 18.7 Å². The topological polar surface area (TPSA) is 49.5 Å². The molecule has 0 aromatic carbocycles. The zero-order chi connectivity index (χ0) is 12.9. The number of piperidine rings is 1. The summed E-state index contributed by atoms with van der Waals surface area (Å²) in [5, 5.41) is 10.0. The van der Waals surface area contributed by atoms with Crippen LogP contribution in [0.15, 0.2) is 0 Å². The molecule has 0 aromatic rings. The minimum atomic E-state index is -0.709. The number of aliphatic hydroxyl groups is 1. The predicted molar refractivity (Wildman–Crippen MR) is 73.0 cm³/mol. The highest BCUT2D eigenvalue weighted by molar-refractivity contribution is 4.83. The van der Waals surface area contributed by atoms with E-state index in [4.69, 9.17) is 5.73 Å². The van der Waals surface area contributed by atoms with Crippen LogP contribution in [0, 0.1) is 5.92 Å². The minimum absolute atomic E-state index is 0.351. The van der Waals surface area contributed by atoms with Gasteiger partial charge in [-0.3, -0.25) is 0 Å². The summed E-state index contributed by atoms with van der Waals surface area (Å²) in [6, 6.07) is 0.441. The van der Waals surface area contributed by atoms with Crippen LogP contribution < -0.4 is 5.73 Å². The molecule has 102 valence electrons. The van der Waals surface area contributed by atoms with Crippen molar-refractivity contribution in [2.75, 3.05) is 19.6 Å². The molecule has 1 aliphatic heterocycles. The van der Waals surface area contributed by atoms with Crippen LogP contribution in [0.5, 0.6) is 0 Å². The van der Waals surface area contributed by atoms with Crippen LogP contribution in [0.3, 0.4) is 0 Å². The van der Waals surface area contributed by atoms with Gasteiger partial charge in [-0.05, 0) is 52.1 Å². The maximum absolute atomic E-state index is 10.0. The molecule has 0 spiro atoms. The Morgan fingerprint density at radius 3 is 2.47 bits per heavy atom. The molecule has 17 heavy (non-hydrogen) atoms. The summed E-state index contributed by atoms with van der Waals surface area (Å²) in [5.74, 6) is 0.929. The lowest BCUT2D eigenvalue weighted by Gasteiger charge is -2.38. The van der Waals surface area contributed by atoms with Gasteiger partial charge in [0.05, 0.1) is 5.60 Å². The van der Waals surface area contributed by atoms with Crippen LogP contribution in [0.2, 0.25) is 0 Å². The molecule has 1 rings (SSSR count). The molecule has 0 aliphatic carbocycles. The highest BCUT2D eigenvalue weighted by Gasteiger charge is 2.27. The van der Waals surface area contributed by atoms with Crippen LogP contribution in [0.25, 0.3) is 0 Å². The molecule has 3 N–H and O–H groups in total. The zero-order valence-electron chi connectivity index (χ0n) is 11.8. The lowest BCUT2D eigenvalue weighted by atomic mass is 9.90. The molecule has 0 bridgehead atoms. The number of hydrogen-bond acceptors (Lipinski definition) is 3. The Morgan fingerprint density at radius 1 is 1.41 bits per heavy atom. The molecule has 2 unspecified atom stereocenters. The monoisotopic (exact) mass is 242 g/mol. The maximum atomic E-state index is 10.0. The van der Waals surface area contributed by atoms with Gasteiger partial charge < -0.3 is 15.7 Å². The van der Waals surface area contributed by atoms with Crippen LogP contribution in [-0.4, -0.2) is 41.3 Å². The average Bonchev–Trinajstić information content (AvgIpc) is 2.30. The Balaban J connectivity index is 2.33. The minimum Gasteiger partial charge on any atom is -0.389 e. The van der Waals surface area contributed by atoms with Gasteiger partial charge in [0.2, 0.25) is 0 Å². The van der Waals surface area contributed by atoms with Crippen molar-refractivity contribution in [3.8, 4) is 0 Å². The second kappa shape index (κ2) is 6.72. The Bertz CT molecular complexity index is 210. The standard InChI is InChI=1S/C14H30N2O/c1-4-5-13-6-8-16(9-7-13)12(2)10-14(3,17)11-15/h12-13,17H,4-11,15H2,1-3H3.